The minimum Gasteiger partial charge on any atom is -0.396 e. The summed E-state index contributed by atoms with van der Waals surface area (Å²) in [6.45, 7) is -0.168. The summed E-state index contributed by atoms with van der Waals surface area (Å²) in [4.78, 5) is 21.7. The van der Waals surface area contributed by atoms with Crippen molar-refractivity contribution in [3.05, 3.63) is 0 Å². The van der Waals surface area contributed by atoms with E-state index in [0.29, 0.717) is 0 Å². The van der Waals surface area contributed by atoms with Gasteiger partial charge in [0.15, 0.2) is 0 Å². The molecular formula is C6H7Cl3O3. The Morgan fingerprint density at radius 3 is 2.08 bits per heavy atom. The summed E-state index contributed by atoms with van der Waals surface area (Å²) in [6.07, 6.45) is 0.106. The van der Waals surface area contributed by atoms with Gasteiger partial charge in [-0.2, -0.15) is 0 Å². The third kappa shape index (κ3) is 4.26. The molecule has 0 aromatic carbocycles. The molecule has 0 bridgehead atoms. The molecule has 1 N–H and O–H groups in total. The van der Waals surface area contributed by atoms with Gasteiger partial charge in [-0.25, -0.2) is 0 Å². The first-order valence-electron chi connectivity index (χ1n) is 3.14. The van der Waals surface area contributed by atoms with Crippen molar-refractivity contribution in [2.24, 2.45) is 0 Å². The van der Waals surface area contributed by atoms with Crippen molar-refractivity contribution in [3.8, 4) is 0 Å². The minimum atomic E-state index is -2.17. The van der Waals surface area contributed by atoms with Crippen LogP contribution in [-0.4, -0.2) is 27.1 Å². The van der Waals surface area contributed by atoms with E-state index in [1.807, 2.05) is 0 Å². The average Bonchev–Trinajstić information content (AvgIpc) is 1.97. The van der Waals surface area contributed by atoms with Gasteiger partial charge < -0.3 is 5.11 Å². The monoisotopic (exact) mass is 232 g/mol. The lowest BCUT2D eigenvalue weighted by Gasteiger charge is -2.06. The number of hydrogen-bond donors (Lipinski definition) is 1. The van der Waals surface area contributed by atoms with Crippen LogP contribution in [0.1, 0.15) is 12.8 Å². The molecule has 0 aromatic rings. The molecule has 0 aromatic heterocycles. The van der Waals surface area contributed by atoms with Crippen molar-refractivity contribution >= 4 is 46.4 Å². The summed E-state index contributed by atoms with van der Waals surface area (Å²) in [5, 5.41) is 8.34. The standard InChI is InChI=1S/C6H7Cl3O3/c7-6(8,9)5(12)4(11)2-1-3-10/h10H,1-3H2. The number of hydrogen-bond acceptors (Lipinski definition) is 3. The van der Waals surface area contributed by atoms with Gasteiger partial charge in [0.05, 0.1) is 0 Å². The molecule has 0 rings (SSSR count). The van der Waals surface area contributed by atoms with Crippen LogP contribution in [0, 0.1) is 0 Å². The Kier molecular flexibility index (Phi) is 5.09. The maximum Gasteiger partial charge on any atom is 0.256 e. The van der Waals surface area contributed by atoms with E-state index >= 15 is 0 Å². The van der Waals surface area contributed by atoms with Gasteiger partial charge in [0.25, 0.3) is 3.79 Å². The Morgan fingerprint density at radius 2 is 1.75 bits per heavy atom. The number of aliphatic hydroxyl groups is 1. The van der Waals surface area contributed by atoms with Crippen LogP contribution in [-0.2, 0) is 9.59 Å². The van der Waals surface area contributed by atoms with Crippen molar-refractivity contribution in [1.82, 2.24) is 0 Å². The predicted molar refractivity (Wildman–Crippen MR) is 46.6 cm³/mol. The van der Waals surface area contributed by atoms with Gasteiger partial charge in [-0.15, -0.1) is 0 Å². The SMILES string of the molecule is O=C(CCCO)C(=O)C(Cl)(Cl)Cl. The van der Waals surface area contributed by atoms with Crippen molar-refractivity contribution in [1.29, 1.82) is 0 Å². The Bertz CT molecular complexity index is 185. The highest BCUT2D eigenvalue weighted by Gasteiger charge is 2.35. The van der Waals surface area contributed by atoms with E-state index in [2.05, 4.69) is 0 Å². The lowest BCUT2D eigenvalue weighted by molar-refractivity contribution is -0.136. The molecule has 0 unspecified atom stereocenters. The van der Waals surface area contributed by atoms with E-state index in [9.17, 15) is 9.59 Å². The predicted octanol–water partition coefficient (Wildman–Crippen LogP) is 1.27. The first kappa shape index (κ1) is 12.2. The fraction of sp³-hybridized carbons (Fsp3) is 0.667. The van der Waals surface area contributed by atoms with Crippen LogP contribution in [0.25, 0.3) is 0 Å². The Hall–Kier alpha value is 0.170. The Morgan fingerprint density at radius 1 is 1.25 bits per heavy atom. The van der Waals surface area contributed by atoms with Crippen LogP contribution in [0.5, 0.6) is 0 Å². The molecule has 0 heterocycles. The fourth-order valence-corrected chi connectivity index (χ4v) is 0.827. The highest BCUT2D eigenvalue weighted by molar-refractivity contribution is 6.81. The molecule has 0 aliphatic heterocycles. The van der Waals surface area contributed by atoms with Crippen LogP contribution in [0.4, 0.5) is 0 Å². The molecule has 0 fully saturated rings. The zero-order valence-electron chi connectivity index (χ0n) is 6.02. The second-order valence-corrected chi connectivity index (χ2v) is 4.36. The highest BCUT2D eigenvalue weighted by atomic mass is 35.6. The summed E-state index contributed by atoms with van der Waals surface area (Å²) in [5.74, 6) is -1.83. The van der Waals surface area contributed by atoms with E-state index < -0.39 is 15.4 Å². The van der Waals surface area contributed by atoms with Crippen molar-refractivity contribution in [3.63, 3.8) is 0 Å². The van der Waals surface area contributed by atoms with E-state index in [4.69, 9.17) is 39.9 Å². The number of carbonyl (C=O) groups excluding carboxylic acids is 2. The third-order valence-electron chi connectivity index (χ3n) is 1.07. The largest absolute Gasteiger partial charge is 0.396 e. The van der Waals surface area contributed by atoms with E-state index in [1.54, 1.807) is 0 Å². The number of ketones is 2. The quantitative estimate of drug-likeness (QED) is 0.588. The second-order valence-electron chi connectivity index (χ2n) is 2.08. The minimum absolute atomic E-state index is 0.0940. The number of carbonyl (C=O) groups is 2. The lowest BCUT2D eigenvalue weighted by atomic mass is 10.2. The average molecular weight is 233 g/mol. The summed E-state index contributed by atoms with van der Waals surface area (Å²) in [6, 6.07) is 0. The number of aliphatic hydroxyl groups excluding tert-OH is 1. The first-order valence-corrected chi connectivity index (χ1v) is 4.28. The summed E-state index contributed by atoms with van der Waals surface area (Å²) < 4.78 is -2.17. The first-order chi connectivity index (χ1) is 5.39. The Balaban J connectivity index is 4.04. The maximum absolute atomic E-state index is 10.8. The zero-order chi connectivity index (χ0) is 9.78. The van der Waals surface area contributed by atoms with Crippen LogP contribution in [0.2, 0.25) is 0 Å². The smallest absolute Gasteiger partial charge is 0.256 e. The van der Waals surface area contributed by atoms with Crippen LogP contribution >= 0.6 is 34.8 Å². The summed E-state index contributed by atoms with van der Waals surface area (Å²) >= 11 is 15.5. The molecule has 6 heteroatoms. The van der Waals surface area contributed by atoms with Crippen molar-refractivity contribution in [2.75, 3.05) is 6.61 Å². The van der Waals surface area contributed by atoms with E-state index in [1.165, 1.54) is 0 Å². The molecule has 70 valence electrons. The summed E-state index contributed by atoms with van der Waals surface area (Å²) in [5.41, 5.74) is 0. The van der Waals surface area contributed by atoms with Gasteiger partial charge in [0.2, 0.25) is 11.6 Å². The fourth-order valence-electron chi connectivity index (χ4n) is 0.511. The molecule has 0 atom stereocenters. The van der Waals surface area contributed by atoms with Crippen LogP contribution in [0.3, 0.4) is 0 Å². The molecule has 0 amide bonds. The molecular weight excluding hydrogens is 226 g/mol. The Labute approximate surface area is 84.6 Å². The van der Waals surface area contributed by atoms with Crippen LogP contribution in [0.15, 0.2) is 0 Å². The topological polar surface area (TPSA) is 54.4 Å². The number of Topliss-reactive ketones (excluding diaryl/α,β-unsaturated/α-hetero) is 2. The molecule has 0 radical (unpaired) electrons. The van der Waals surface area contributed by atoms with Gasteiger partial charge in [-0.3, -0.25) is 9.59 Å². The van der Waals surface area contributed by atoms with E-state index in [0.717, 1.165) is 0 Å². The number of alkyl halides is 3. The van der Waals surface area contributed by atoms with Crippen LogP contribution < -0.4 is 0 Å². The molecule has 0 aliphatic carbocycles. The van der Waals surface area contributed by atoms with E-state index in [-0.39, 0.29) is 19.4 Å². The molecule has 0 aliphatic rings. The summed E-state index contributed by atoms with van der Waals surface area (Å²) in [7, 11) is 0. The number of rotatable bonds is 4. The molecule has 12 heavy (non-hydrogen) atoms. The molecule has 3 nitrogen and oxygen atoms in total. The third-order valence-corrected chi connectivity index (χ3v) is 1.59. The number of halogens is 3. The molecule has 0 saturated heterocycles. The van der Waals surface area contributed by atoms with Crippen molar-refractivity contribution < 1.29 is 14.7 Å². The van der Waals surface area contributed by atoms with Gasteiger partial charge in [-0.1, -0.05) is 34.8 Å². The van der Waals surface area contributed by atoms with Gasteiger partial charge in [0.1, 0.15) is 0 Å². The lowest BCUT2D eigenvalue weighted by Crippen LogP contribution is -2.27. The molecule has 0 saturated carbocycles. The van der Waals surface area contributed by atoms with Crippen molar-refractivity contribution in [2.45, 2.75) is 16.6 Å². The normalized spacial score (nSPS) is 11.3. The maximum atomic E-state index is 10.8. The van der Waals surface area contributed by atoms with Gasteiger partial charge >= 0.3 is 0 Å². The second kappa shape index (κ2) is 5.02. The highest BCUT2D eigenvalue weighted by Crippen LogP contribution is 2.27. The van der Waals surface area contributed by atoms with Gasteiger partial charge in [-0.05, 0) is 6.42 Å². The molecule has 0 spiro atoms. The zero-order valence-corrected chi connectivity index (χ0v) is 8.29. The van der Waals surface area contributed by atoms with Gasteiger partial charge in [0, 0.05) is 13.0 Å².